The van der Waals surface area contributed by atoms with Gasteiger partial charge < -0.3 is 10.2 Å². The second-order valence-corrected chi connectivity index (χ2v) is 3.81. The molecule has 88 valence electrons. The Kier molecular flexibility index (Phi) is 9.38. The molecule has 0 aliphatic carbocycles. The molecule has 0 bridgehead atoms. The van der Waals surface area contributed by atoms with Crippen molar-refractivity contribution in [2.45, 2.75) is 57.6 Å². The molecule has 2 N–H and O–H groups in total. The van der Waals surface area contributed by atoms with Crippen LogP contribution in [0.25, 0.3) is 0 Å². The van der Waals surface area contributed by atoms with Crippen LogP contribution in [0.2, 0.25) is 0 Å². The predicted octanol–water partition coefficient (Wildman–Crippen LogP) is 1.40. The molecule has 0 aromatic carbocycles. The van der Waals surface area contributed by atoms with Gasteiger partial charge in [-0.2, -0.15) is 0 Å². The summed E-state index contributed by atoms with van der Waals surface area (Å²) in [6, 6.07) is -0.347. The highest BCUT2D eigenvalue weighted by molar-refractivity contribution is 5.33. The third-order valence-corrected chi connectivity index (χ3v) is 2.47. The monoisotopic (exact) mass is 215 g/mol. The number of aliphatic imine (C=N–C) groups is 1. The topological polar surface area (TPSA) is 69.9 Å². The van der Waals surface area contributed by atoms with Crippen LogP contribution in [0.4, 0.5) is 0 Å². The Balaban J connectivity index is 3.38. The Morgan fingerprint density at radius 3 is 2.40 bits per heavy atom. The SMILES string of the molecule is CC(N=C=O)C(O)CCCCCCCO. The van der Waals surface area contributed by atoms with Gasteiger partial charge in [-0.05, 0) is 19.8 Å². The molecule has 0 aliphatic heterocycles. The molecule has 2 unspecified atom stereocenters. The molecular formula is C11H21NO3. The lowest BCUT2D eigenvalue weighted by molar-refractivity contribution is 0.138. The van der Waals surface area contributed by atoms with Crippen LogP contribution in [0.5, 0.6) is 0 Å². The van der Waals surface area contributed by atoms with Crippen LogP contribution in [0.15, 0.2) is 4.99 Å². The van der Waals surface area contributed by atoms with Gasteiger partial charge in [0.25, 0.3) is 0 Å². The lowest BCUT2D eigenvalue weighted by Crippen LogP contribution is -2.20. The van der Waals surface area contributed by atoms with E-state index in [0.29, 0.717) is 6.42 Å². The van der Waals surface area contributed by atoms with Gasteiger partial charge in [0, 0.05) is 6.61 Å². The molecular weight excluding hydrogens is 194 g/mol. The summed E-state index contributed by atoms with van der Waals surface area (Å²) >= 11 is 0. The minimum atomic E-state index is -0.538. The summed E-state index contributed by atoms with van der Waals surface area (Å²) in [5.41, 5.74) is 0. The zero-order chi connectivity index (χ0) is 11.5. The van der Waals surface area contributed by atoms with Crippen LogP contribution in [0.3, 0.4) is 0 Å². The molecule has 0 aromatic heterocycles. The van der Waals surface area contributed by atoms with Crippen LogP contribution >= 0.6 is 0 Å². The number of aliphatic hydroxyl groups excluding tert-OH is 2. The zero-order valence-corrected chi connectivity index (χ0v) is 9.35. The molecule has 0 aliphatic rings. The second-order valence-electron chi connectivity index (χ2n) is 3.81. The lowest BCUT2D eigenvalue weighted by atomic mass is 10.0. The van der Waals surface area contributed by atoms with E-state index in [0.717, 1.165) is 32.1 Å². The van der Waals surface area contributed by atoms with E-state index in [-0.39, 0.29) is 12.6 Å². The van der Waals surface area contributed by atoms with Gasteiger partial charge in [-0.15, -0.1) is 0 Å². The van der Waals surface area contributed by atoms with Gasteiger partial charge in [0.05, 0.1) is 12.1 Å². The Morgan fingerprint density at radius 2 is 1.80 bits per heavy atom. The summed E-state index contributed by atoms with van der Waals surface area (Å²) < 4.78 is 0. The molecule has 0 rings (SSSR count). The highest BCUT2D eigenvalue weighted by Gasteiger charge is 2.11. The van der Waals surface area contributed by atoms with E-state index in [4.69, 9.17) is 5.11 Å². The van der Waals surface area contributed by atoms with Gasteiger partial charge in [-0.25, -0.2) is 9.79 Å². The van der Waals surface area contributed by atoms with Crippen molar-refractivity contribution in [3.8, 4) is 0 Å². The summed E-state index contributed by atoms with van der Waals surface area (Å²) in [6.07, 6.45) is 6.55. The van der Waals surface area contributed by atoms with Crippen molar-refractivity contribution in [3.05, 3.63) is 0 Å². The number of unbranched alkanes of at least 4 members (excludes halogenated alkanes) is 4. The number of hydrogen-bond donors (Lipinski definition) is 2. The van der Waals surface area contributed by atoms with Gasteiger partial charge in [0.1, 0.15) is 0 Å². The normalized spacial score (nSPS) is 14.3. The number of isocyanates is 1. The third kappa shape index (κ3) is 8.30. The van der Waals surface area contributed by atoms with Gasteiger partial charge in [0.2, 0.25) is 6.08 Å². The summed E-state index contributed by atoms with van der Waals surface area (Å²) in [7, 11) is 0. The third-order valence-electron chi connectivity index (χ3n) is 2.47. The highest BCUT2D eigenvalue weighted by atomic mass is 16.3. The molecule has 0 saturated carbocycles. The molecule has 0 saturated heterocycles. The molecule has 0 radical (unpaired) electrons. The highest BCUT2D eigenvalue weighted by Crippen LogP contribution is 2.10. The van der Waals surface area contributed by atoms with Gasteiger partial charge in [-0.3, -0.25) is 0 Å². The maximum Gasteiger partial charge on any atom is 0.235 e. The van der Waals surface area contributed by atoms with Crippen LogP contribution in [-0.2, 0) is 4.79 Å². The van der Waals surface area contributed by atoms with Gasteiger partial charge >= 0.3 is 0 Å². The van der Waals surface area contributed by atoms with Crippen molar-refractivity contribution in [3.63, 3.8) is 0 Å². The first-order valence-corrected chi connectivity index (χ1v) is 5.58. The molecule has 0 spiro atoms. The van der Waals surface area contributed by atoms with Gasteiger partial charge in [-0.1, -0.05) is 25.7 Å². The second kappa shape index (κ2) is 9.84. The van der Waals surface area contributed by atoms with E-state index >= 15 is 0 Å². The fourth-order valence-electron chi connectivity index (χ4n) is 1.41. The van der Waals surface area contributed by atoms with Crippen molar-refractivity contribution in [1.82, 2.24) is 0 Å². The van der Waals surface area contributed by atoms with Crippen LogP contribution in [-0.4, -0.2) is 35.0 Å². The van der Waals surface area contributed by atoms with Crippen molar-refractivity contribution >= 4 is 6.08 Å². The number of aliphatic hydroxyl groups is 2. The van der Waals surface area contributed by atoms with E-state index in [9.17, 15) is 9.90 Å². The van der Waals surface area contributed by atoms with Crippen LogP contribution in [0, 0.1) is 0 Å². The number of rotatable bonds is 9. The smallest absolute Gasteiger partial charge is 0.235 e. The van der Waals surface area contributed by atoms with Crippen LogP contribution in [0.1, 0.15) is 45.4 Å². The van der Waals surface area contributed by atoms with E-state index in [1.54, 1.807) is 6.92 Å². The summed E-state index contributed by atoms with van der Waals surface area (Å²) in [5, 5.41) is 18.1. The molecule has 15 heavy (non-hydrogen) atoms. The van der Waals surface area contributed by atoms with Gasteiger partial charge in [0.15, 0.2) is 0 Å². The first-order valence-electron chi connectivity index (χ1n) is 5.58. The zero-order valence-electron chi connectivity index (χ0n) is 9.35. The molecule has 4 nitrogen and oxygen atoms in total. The maximum atomic E-state index is 9.94. The summed E-state index contributed by atoms with van der Waals surface area (Å²) in [4.78, 5) is 13.4. The van der Waals surface area contributed by atoms with E-state index in [1.807, 2.05) is 0 Å². The van der Waals surface area contributed by atoms with E-state index in [1.165, 1.54) is 6.08 Å². The Labute approximate surface area is 91.0 Å². The van der Waals surface area contributed by atoms with E-state index < -0.39 is 6.10 Å². The first-order chi connectivity index (χ1) is 7.22. The largest absolute Gasteiger partial charge is 0.396 e. The summed E-state index contributed by atoms with van der Waals surface area (Å²) in [6.45, 7) is 1.97. The van der Waals surface area contributed by atoms with Crippen molar-refractivity contribution < 1.29 is 15.0 Å². The Hall–Kier alpha value is -0.700. The van der Waals surface area contributed by atoms with Crippen molar-refractivity contribution in [2.24, 2.45) is 4.99 Å². The fraction of sp³-hybridized carbons (Fsp3) is 0.909. The molecule has 4 heteroatoms. The molecule has 0 amide bonds. The summed E-state index contributed by atoms with van der Waals surface area (Å²) in [5.74, 6) is 0. The van der Waals surface area contributed by atoms with Crippen LogP contribution < -0.4 is 0 Å². The molecule has 0 aromatic rings. The maximum absolute atomic E-state index is 9.94. The van der Waals surface area contributed by atoms with E-state index in [2.05, 4.69) is 4.99 Å². The molecule has 2 atom stereocenters. The number of nitrogens with zero attached hydrogens (tertiary/aromatic N) is 1. The lowest BCUT2D eigenvalue weighted by Gasteiger charge is -2.12. The molecule has 0 fully saturated rings. The van der Waals surface area contributed by atoms with Crippen molar-refractivity contribution in [1.29, 1.82) is 0 Å². The number of hydrogen-bond acceptors (Lipinski definition) is 4. The molecule has 0 heterocycles. The average molecular weight is 215 g/mol. The van der Waals surface area contributed by atoms with Crippen molar-refractivity contribution in [2.75, 3.05) is 6.61 Å². The quantitative estimate of drug-likeness (QED) is 0.347. The Bertz CT molecular complexity index is 190. The predicted molar refractivity (Wildman–Crippen MR) is 58.4 cm³/mol. The minimum Gasteiger partial charge on any atom is -0.396 e. The standard InChI is InChI=1S/C11H21NO3/c1-10(12-9-14)11(15)7-5-3-2-4-6-8-13/h10-11,13,15H,2-8H2,1H3. The minimum absolute atomic E-state index is 0.258. The first kappa shape index (κ1) is 14.3. The average Bonchev–Trinajstić information content (AvgIpc) is 2.23. The number of carbonyl (C=O) groups excluding carboxylic acids is 1. The fourth-order valence-corrected chi connectivity index (χ4v) is 1.41. The Morgan fingerprint density at radius 1 is 1.20 bits per heavy atom.